The van der Waals surface area contributed by atoms with Crippen LogP contribution in [0.1, 0.15) is 34.1 Å². The second-order valence-electron chi connectivity index (χ2n) is 5.71. The molecule has 1 atom stereocenters. The first-order valence-electron chi connectivity index (χ1n) is 6.44. The highest BCUT2D eigenvalue weighted by Gasteiger charge is 2.26. The van der Waals surface area contributed by atoms with E-state index in [0.717, 1.165) is 5.75 Å². The van der Waals surface area contributed by atoms with Crippen LogP contribution in [-0.4, -0.2) is 52.6 Å². The Labute approximate surface area is 120 Å². The summed E-state index contributed by atoms with van der Waals surface area (Å²) in [5, 5.41) is 11.6. The standard InChI is InChI=1S/C13H26N2O3S/c1-10(9-19-5)8-14-12(18)15(13(2,3)4)7-6-11(16)17/h10H,6-9H2,1-5H3,(H,14,18)(H,16,17). The minimum Gasteiger partial charge on any atom is -0.481 e. The number of nitrogens with one attached hydrogen (secondary N) is 1. The van der Waals surface area contributed by atoms with E-state index in [1.807, 2.05) is 27.0 Å². The van der Waals surface area contributed by atoms with Crippen molar-refractivity contribution in [1.82, 2.24) is 10.2 Å². The van der Waals surface area contributed by atoms with Crippen LogP contribution in [0.25, 0.3) is 0 Å². The van der Waals surface area contributed by atoms with E-state index in [-0.39, 0.29) is 24.5 Å². The number of carbonyl (C=O) groups is 2. The molecular formula is C13H26N2O3S. The fourth-order valence-electron chi connectivity index (χ4n) is 1.65. The van der Waals surface area contributed by atoms with E-state index >= 15 is 0 Å². The molecule has 0 heterocycles. The SMILES string of the molecule is CSCC(C)CNC(=O)N(CCC(=O)O)C(C)(C)C. The van der Waals surface area contributed by atoms with Crippen molar-refractivity contribution >= 4 is 23.8 Å². The molecule has 0 aliphatic carbocycles. The summed E-state index contributed by atoms with van der Waals surface area (Å²) >= 11 is 1.75. The second-order valence-corrected chi connectivity index (χ2v) is 6.62. The number of amides is 2. The van der Waals surface area contributed by atoms with Gasteiger partial charge in [0.2, 0.25) is 0 Å². The summed E-state index contributed by atoms with van der Waals surface area (Å²) in [4.78, 5) is 24.3. The molecule has 0 aromatic rings. The van der Waals surface area contributed by atoms with Gasteiger partial charge in [0, 0.05) is 18.6 Å². The van der Waals surface area contributed by atoms with Crippen molar-refractivity contribution in [2.75, 3.05) is 25.1 Å². The zero-order valence-corrected chi connectivity index (χ0v) is 13.3. The molecule has 0 fully saturated rings. The molecule has 0 aliphatic heterocycles. The van der Waals surface area contributed by atoms with Crippen molar-refractivity contribution < 1.29 is 14.7 Å². The maximum Gasteiger partial charge on any atom is 0.317 e. The average molecular weight is 290 g/mol. The highest BCUT2D eigenvalue weighted by molar-refractivity contribution is 7.98. The Morgan fingerprint density at radius 2 is 1.95 bits per heavy atom. The molecule has 0 aromatic carbocycles. The number of hydrogen-bond donors (Lipinski definition) is 2. The van der Waals surface area contributed by atoms with Crippen LogP contribution in [0.4, 0.5) is 4.79 Å². The van der Waals surface area contributed by atoms with E-state index in [0.29, 0.717) is 12.5 Å². The number of aliphatic carboxylic acids is 1. The highest BCUT2D eigenvalue weighted by atomic mass is 32.2. The van der Waals surface area contributed by atoms with Crippen LogP contribution in [0.2, 0.25) is 0 Å². The van der Waals surface area contributed by atoms with Gasteiger partial charge in [-0.2, -0.15) is 11.8 Å². The molecule has 0 saturated carbocycles. The zero-order valence-electron chi connectivity index (χ0n) is 12.5. The van der Waals surface area contributed by atoms with Crippen molar-refractivity contribution in [2.24, 2.45) is 5.92 Å². The fraction of sp³-hybridized carbons (Fsp3) is 0.846. The van der Waals surface area contributed by atoms with Gasteiger partial charge in [0.1, 0.15) is 0 Å². The summed E-state index contributed by atoms with van der Waals surface area (Å²) < 4.78 is 0. The summed E-state index contributed by atoms with van der Waals surface area (Å²) in [5.41, 5.74) is -0.387. The minimum atomic E-state index is -0.891. The molecule has 0 aliphatic rings. The molecule has 0 bridgehead atoms. The van der Waals surface area contributed by atoms with Crippen LogP contribution in [0.3, 0.4) is 0 Å². The Balaban J connectivity index is 4.43. The lowest BCUT2D eigenvalue weighted by atomic mass is 10.1. The lowest BCUT2D eigenvalue weighted by Crippen LogP contribution is -2.51. The summed E-state index contributed by atoms with van der Waals surface area (Å²) in [6.07, 6.45) is 2.00. The number of hydrogen-bond acceptors (Lipinski definition) is 3. The first-order valence-corrected chi connectivity index (χ1v) is 7.84. The zero-order chi connectivity index (χ0) is 15.1. The minimum absolute atomic E-state index is 0.0367. The van der Waals surface area contributed by atoms with Crippen LogP contribution < -0.4 is 5.32 Å². The van der Waals surface area contributed by atoms with Crippen LogP contribution in [-0.2, 0) is 4.79 Å². The summed E-state index contributed by atoms with van der Waals surface area (Å²) in [7, 11) is 0. The molecule has 6 heteroatoms. The molecule has 2 amide bonds. The van der Waals surface area contributed by atoms with Crippen LogP contribution >= 0.6 is 11.8 Å². The van der Waals surface area contributed by atoms with Gasteiger partial charge in [-0.1, -0.05) is 6.92 Å². The Morgan fingerprint density at radius 3 is 2.37 bits per heavy atom. The lowest BCUT2D eigenvalue weighted by molar-refractivity contribution is -0.137. The summed E-state index contributed by atoms with van der Waals surface area (Å²) in [5.74, 6) is 0.503. The molecule has 19 heavy (non-hydrogen) atoms. The quantitative estimate of drug-likeness (QED) is 0.754. The number of urea groups is 1. The molecule has 0 spiro atoms. The van der Waals surface area contributed by atoms with Crippen molar-refractivity contribution in [2.45, 2.75) is 39.7 Å². The molecule has 0 rings (SSSR count). The molecule has 2 N–H and O–H groups in total. The van der Waals surface area contributed by atoms with Crippen molar-refractivity contribution in [3.63, 3.8) is 0 Å². The van der Waals surface area contributed by atoms with E-state index in [4.69, 9.17) is 5.11 Å². The normalized spacial score (nSPS) is 12.9. The van der Waals surface area contributed by atoms with E-state index in [1.165, 1.54) is 0 Å². The predicted molar refractivity (Wildman–Crippen MR) is 79.7 cm³/mol. The average Bonchev–Trinajstić information content (AvgIpc) is 2.24. The molecule has 112 valence electrons. The first kappa shape index (κ1) is 18.1. The number of nitrogens with zero attached hydrogens (tertiary/aromatic N) is 1. The topological polar surface area (TPSA) is 69.6 Å². The van der Waals surface area contributed by atoms with Gasteiger partial charge in [0.25, 0.3) is 0 Å². The van der Waals surface area contributed by atoms with Gasteiger partial charge in [-0.3, -0.25) is 4.79 Å². The van der Waals surface area contributed by atoms with Crippen LogP contribution in [0, 0.1) is 5.92 Å². The van der Waals surface area contributed by atoms with Crippen LogP contribution in [0.5, 0.6) is 0 Å². The van der Waals surface area contributed by atoms with Crippen molar-refractivity contribution in [3.05, 3.63) is 0 Å². The molecular weight excluding hydrogens is 264 g/mol. The van der Waals surface area contributed by atoms with Gasteiger partial charge >= 0.3 is 12.0 Å². The number of rotatable bonds is 7. The number of carboxylic acids is 1. The Hall–Kier alpha value is -0.910. The van der Waals surface area contributed by atoms with Gasteiger partial charge < -0.3 is 15.3 Å². The van der Waals surface area contributed by atoms with Crippen molar-refractivity contribution in [3.8, 4) is 0 Å². The summed E-state index contributed by atoms with van der Waals surface area (Å²) in [6.45, 7) is 8.62. The second kappa shape index (κ2) is 8.30. The van der Waals surface area contributed by atoms with Gasteiger partial charge in [0.15, 0.2) is 0 Å². The third-order valence-corrected chi connectivity index (χ3v) is 3.56. The fourth-order valence-corrected chi connectivity index (χ4v) is 2.34. The maximum atomic E-state index is 12.1. The van der Waals surface area contributed by atoms with Gasteiger partial charge in [-0.25, -0.2) is 4.79 Å². The third kappa shape index (κ3) is 7.97. The predicted octanol–water partition coefficient (Wildman–Crippen LogP) is 2.27. The largest absolute Gasteiger partial charge is 0.481 e. The van der Waals surface area contributed by atoms with E-state index in [9.17, 15) is 9.59 Å². The third-order valence-electron chi connectivity index (χ3n) is 2.66. The number of thioether (sulfide) groups is 1. The smallest absolute Gasteiger partial charge is 0.317 e. The molecule has 0 aromatic heterocycles. The number of carbonyl (C=O) groups excluding carboxylic acids is 1. The Bertz CT molecular complexity index is 303. The Kier molecular flexibility index (Phi) is 7.90. The Morgan fingerprint density at radius 1 is 1.37 bits per heavy atom. The molecule has 1 unspecified atom stereocenters. The summed E-state index contributed by atoms with van der Waals surface area (Å²) in [6, 6.07) is -0.193. The molecule has 5 nitrogen and oxygen atoms in total. The maximum absolute atomic E-state index is 12.1. The highest BCUT2D eigenvalue weighted by Crippen LogP contribution is 2.14. The molecule has 0 radical (unpaired) electrons. The van der Waals surface area contributed by atoms with Gasteiger partial charge in [-0.15, -0.1) is 0 Å². The van der Waals surface area contributed by atoms with Crippen molar-refractivity contribution in [1.29, 1.82) is 0 Å². The van der Waals surface area contributed by atoms with Gasteiger partial charge in [0.05, 0.1) is 6.42 Å². The van der Waals surface area contributed by atoms with E-state index < -0.39 is 5.97 Å². The van der Waals surface area contributed by atoms with E-state index in [2.05, 4.69) is 12.2 Å². The van der Waals surface area contributed by atoms with Gasteiger partial charge in [-0.05, 0) is 38.7 Å². The van der Waals surface area contributed by atoms with Crippen LogP contribution in [0.15, 0.2) is 0 Å². The number of carboxylic acid groups (broad SMARTS) is 1. The lowest BCUT2D eigenvalue weighted by Gasteiger charge is -2.35. The first-order chi connectivity index (χ1) is 8.68. The monoisotopic (exact) mass is 290 g/mol. The van der Waals surface area contributed by atoms with E-state index in [1.54, 1.807) is 16.7 Å². The molecule has 0 saturated heterocycles.